The monoisotopic (exact) mass is 445 g/mol. The van der Waals surface area contributed by atoms with E-state index in [0.717, 1.165) is 35.5 Å². The first-order valence-electron chi connectivity index (χ1n) is 10.7. The number of imidazole rings is 1. The fraction of sp³-hybridized carbons (Fsp3) is 0.333. The molecule has 1 aromatic carbocycles. The van der Waals surface area contributed by atoms with Crippen molar-refractivity contribution in [1.82, 2.24) is 19.4 Å². The van der Waals surface area contributed by atoms with Gasteiger partial charge in [0.1, 0.15) is 36.1 Å². The van der Waals surface area contributed by atoms with Crippen LogP contribution in [0.5, 0.6) is 5.75 Å². The van der Waals surface area contributed by atoms with Crippen molar-refractivity contribution in [2.24, 2.45) is 0 Å². The van der Waals surface area contributed by atoms with E-state index in [9.17, 15) is 4.79 Å². The van der Waals surface area contributed by atoms with E-state index in [0.29, 0.717) is 42.5 Å². The standard InChI is InChI=1S/C24H23N5O4/c1-15-18(3-4-19-20(15)13-33-24(19)30)22-12-28(5-6-32-22)10-17-11-29(14-27-17)23-7-21(31-2)16(8-25)9-26-23/h3-4,7,9,11,14,22H,5-6,10,12-13H2,1-2H3/t22-/m0/s1. The number of carbonyl (C=O) groups is 1. The predicted octanol–water partition coefficient (Wildman–Crippen LogP) is 2.70. The van der Waals surface area contributed by atoms with Crippen molar-refractivity contribution < 1.29 is 19.0 Å². The maximum atomic E-state index is 11.8. The molecule has 4 heterocycles. The van der Waals surface area contributed by atoms with E-state index < -0.39 is 0 Å². The fourth-order valence-electron chi connectivity index (χ4n) is 4.37. The van der Waals surface area contributed by atoms with Crippen LogP contribution in [0.3, 0.4) is 0 Å². The van der Waals surface area contributed by atoms with Crippen molar-refractivity contribution >= 4 is 5.97 Å². The molecule has 2 aliphatic rings. The number of benzene rings is 1. The second kappa shape index (κ2) is 8.65. The molecule has 33 heavy (non-hydrogen) atoms. The third kappa shape index (κ3) is 3.95. The van der Waals surface area contributed by atoms with Crippen LogP contribution in [0.1, 0.15) is 44.4 Å². The van der Waals surface area contributed by atoms with Gasteiger partial charge in [0.05, 0.1) is 37.3 Å². The van der Waals surface area contributed by atoms with E-state index >= 15 is 0 Å². The zero-order chi connectivity index (χ0) is 22.9. The summed E-state index contributed by atoms with van der Waals surface area (Å²) in [4.78, 5) is 23.0. The van der Waals surface area contributed by atoms with Crippen molar-refractivity contribution in [3.8, 4) is 17.6 Å². The molecule has 9 heteroatoms. The van der Waals surface area contributed by atoms with Crippen LogP contribution < -0.4 is 4.74 Å². The molecule has 2 aliphatic heterocycles. The highest BCUT2D eigenvalue weighted by Gasteiger charge is 2.29. The number of morpholine rings is 1. The van der Waals surface area contributed by atoms with E-state index in [1.54, 1.807) is 12.4 Å². The molecule has 0 saturated carbocycles. The summed E-state index contributed by atoms with van der Waals surface area (Å²) in [7, 11) is 1.53. The molecule has 1 atom stereocenters. The molecule has 9 nitrogen and oxygen atoms in total. The summed E-state index contributed by atoms with van der Waals surface area (Å²) in [5.41, 5.74) is 5.07. The quantitative estimate of drug-likeness (QED) is 0.553. The number of carbonyl (C=O) groups excluding carboxylic acids is 1. The summed E-state index contributed by atoms with van der Waals surface area (Å²) < 4.78 is 18.4. The SMILES string of the molecule is COc1cc(-n2cnc(CN3CCO[C@H](c4ccc5c(c4C)COC5=O)C3)c2)ncc1C#N. The Morgan fingerprint density at radius 3 is 3.03 bits per heavy atom. The van der Waals surface area contributed by atoms with Crippen molar-refractivity contribution in [2.75, 3.05) is 26.8 Å². The number of nitrogens with zero attached hydrogens (tertiary/aromatic N) is 5. The Balaban J connectivity index is 1.30. The highest BCUT2D eigenvalue weighted by Crippen LogP contribution is 2.32. The normalized spacial score (nSPS) is 18.0. The van der Waals surface area contributed by atoms with Gasteiger partial charge >= 0.3 is 5.97 Å². The number of esters is 1. The Hall–Kier alpha value is -3.74. The van der Waals surface area contributed by atoms with Crippen LogP contribution >= 0.6 is 0 Å². The molecular weight excluding hydrogens is 422 g/mol. The van der Waals surface area contributed by atoms with Gasteiger partial charge in [0.15, 0.2) is 0 Å². The topological polar surface area (TPSA) is 102 Å². The van der Waals surface area contributed by atoms with Gasteiger partial charge in [-0.3, -0.25) is 9.47 Å². The Morgan fingerprint density at radius 1 is 1.33 bits per heavy atom. The van der Waals surface area contributed by atoms with Crippen LogP contribution in [0.2, 0.25) is 0 Å². The van der Waals surface area contributed by atoms with Crippen LogP contribution in [-0.4, -0.2) is 52.2 Å². The molecular formula is C24H23N5O4. The second-order valence-corrected chi connectivity index (χ2v) is 8.10. The Morgan fingerprint density at radius 2 is 2.21 bits per heavy atom. The molecule has 2 aromatic heterocycles. The van der Waals surface area contributed by atoms with Gasteiger partial charge in [-0.25, -0.2) is 14.8 Å². The molecule has 0 N–H and O–H groups in total. The summed E-state index contributed by atoms with van der Waals surface area (Å²) >= 11 is 0. The summed E-state index contributed by atoms with van der Waals surface area (Å²) in [5, 5.41) is 9.15. The summed E-state index contributed by atoms with van der Waals surface area (Å²) in [6.07, 6.45) is 5.06. The maximum Gasteiger partial charge on any atom is 0.338 e. The molecule has 0 amide bonds. The molecule has 1 fully saturated rings. The lowest BCUT2D eigenvalue weighted by atomic mass is 9.94. The maximum absolute atomic E-state index is 11.8. The molecule has 0 spiro atoms. The molecule has 0 bridgehead atoms. The molecule has 5 rings (SSSR count). The largest absolute Gasteiger partial charge is 0.495 e. The van der Waals surface area contributed by atoms with E-state index in [1.165, 1.54) is 13.3 Å². The van der Waals surface area contributed by atoms with Gasteiger partial charge < -0.3 is 14.2 Å². The van der Waals surface area contributed by atoms with Gasteiger partial charge in [0.2, 0.25) is 0 Å². The van der Waals surface area contributed by atoms with Gasteiger partial charge in [0.25, 0.3) is 0 Å². The zero-order valence-electron chi connectivity index (χ0n) is 18.4. The summed E-state index contributed by atoms with van der Waals surface area (Å²) in [5.74, 6) is 0.858. The summed E-state index contributed by atoms with van der Waals surface area (Å²) in [6.45, 7) is 5.18. The van der Waals surface area contributed by atoms with E-state index in [2.05, 4.69) is 20.9 Å². The molecule has 0 aliphatic carbocycles. The first-order valence-corrected chi connectivity index (χ1v) is 10.7. The number of cyclic esters (lactones) is 1. The number of methoxy groups -OCH3 is 1. The smallest absolute Gasteiger partial charge is 0.338 e. The van der Waals surface area contributed by atoms with Gasteiger partial charge in [-0.2, -0.15) is 5.26 Å². The lowest BCUT2D eigenvalue weighted by Crippen LogP contribution is -2.38. The molecule has 3 aromatic rings. The number of hydrogen-bond acceptors (Lipinski definition) is 8. The van der Waals surface area contributed by atoms with Crippen molar-refractivity contribution in [3.05, 3.63) is 70.4 Å². The minimum absolute atomic E-state index is 0.0775. The van der Waals surface area contributed by atoms with Gasteiger partial charge in [-0.1, -0.05) is 6.07 Å². The third-order valence-corrected chi connectivity index (χ3v) is 6.18. The first-order chi connectivity index (χ1) is 16.1. The van der Waals surface area contributed by atoms with Crippen LogP contribution in [0, 0.1) is 18.3 Å². The lowest BCUT2D eigenvalue weighted by Gasteiger charge is -2.33. The zero-order valence-corrected chi connectivity index (χ0v) is 18.4. The van der Waals surface area contributed by atoms with Gasteiger partial charge in [-0.15, -0.1) is 0 Å². The molecule has 0 radical (unpaired) electrons. The minimum atomic E-state index is -0.254. The van der Waals surface area contributed by atoms with Crippen LogP contribution in [0.25, 0.3) is 5.82 Å². The number of rotatable bonds is 5. The van der Waals surface area contributed by atoms with Crippen molar-refractivity contribution in [2.45, 2.75) is 26.2 Å². The van der Waals surface area contributed by atoms with E-state index in [-0.39, 0.29) is 12.1 Å². The van der Waals surface area contributed by atoms with Gasteiger partial charge in [0, 0.05) is 37.5 Å². The van der Waals surface area contributed by atoms with Crippen LogP contribution in [0.15, 0.2) is 36.9 Å². The van der Waals surface area contributed by atoms with Gasteiger partial charge in [-0.05, 0) is 24.1 Å². The van der Waals surface area contributed by atoms with E-state index in [1.807, 2.05) is 29.8 Å². The second-order valence-electron chi connectivity index (χ2n) is 8.10. The average molecular weight is 445 g/mol. The Kier molecular flexibility index (Phi) is 5.54. The van der Waals surface area contributed by atoms with E-state index in [4.69, 9.17) is 19.5 Å². The number of aromatic nitrogens is 3. The molecule has 0 unspecified atom stereocenters. The lowest BCUT2D eigenvalue weighted by molar-refractivity contribution is -0.0335. The number of hydrogen-bond donors (Lipinski definition) is 0. The average Bonchev–Trinajstić information content (AvgIpc) is 3.46. The third-order valence-electron chi connectivity index (χ3n) is 6.18. The molecule has 168 valence electrons. The number of ether oxygens (including phenoxy) is 3. The Labute approximate surface area is 191 Å². The number of nitriles is 1. The van der Waals surface area contributed by atoms with Crippen molar-refractivity contribution in [3.63, 3.8) is 0 Å². The number of fused-ring (bicyclic) bond motifs is 1. The highest BCUT2D eigenvalue weighted by molar-refractivity contribution is 5.93. The Bertz CT molecular complexity index is 1260. The van der Waals surface area contributed by atoms with Crippen molar-refractivity contribution in [1.29, 1.82) is 5.26 Å². The fourth-order valence-corrected chi connectivity index (χ4v) is 4.37. The minimum Gasteiger partial charge on any atom is -0.495 e. The number of pyridine rings is 1. The van der Waals surface area contributed by atoms with Crippen LogP contribution in [-0.2, 0) is 22.6 Å². The summed E-state index contributed by atoms with van der Waals surface area (Å²) in [6, 6.07) is 7.61. The molecule has 1 saturated heterocycles. The first kappa shape index (κ1) is 21.1. The highest BCUT2D eigenvalue weighted by atomic mass is 16.5. The van der Waals surface area contributed by atoms with Crippen LogP contribution in [0.4, 0.5) is 0 Å². The predicted molar refractivity (Wildman–Crippen MR) is 117 cm³/mol.